The fourth-order valence-electron chi connectivity index (χ4n) is 3.41. The zero-order valence-electron chi connectivity index (χ0n) is 15.4. The number of thiazole rings is 1. The molecule has 1 aliphatic heterocycles. The van der Waals surface area contributed by atoms with Gasteiger partial charge in [0.1, 0.15) is 16.6 Å². The molecule has 4 nitrogen and oxygen atoms in total. The molecule has 0 aliphatic carbocycles. The van der Waals surface area contributed by atoms with E-state index >= 15 is 0 Å². The van der Waals surface area contributed by atoms with Crippen molar-refractivity contribution in [3.05, 3.63) is 80.8 Å². The molecule has 4 rings (SSSR count). The molecule has 0 saturated heterocycles. The van der Waals surface area contributed by atoms with E-state index < -0.39 is 0 Å². The fourth-order valence-corrected chi connectivity index (χ4v) is 4.57. The van der Waals surface area contributed by atoms with Crippen LogP contribution in [0.4, 0.5) is 0 Å². The molecule has 1 aromatic heterocycles. The predicted molar refractivity (Wildman–Crippen MR) is 119 cm³/mol. The lowest BCUT2D eigenvalue weighted by molar-refractivity contribution is 0.305. The number of amidine groups is 1. The number of hydrogen-bond acceptors (Lipinski definition) is 4. The minimum Gasteiger partial charge on any atom is -0.510 e. The van der Waals surface area contributed by atoms with Crippen LogP contribution in [0.3, 0.4) is 0 Å². The van der Waals surface area contributed by atoms with Gasteiger partial charge in [0.05, 0.1) is 17.8 Å². The number of nitrogens with zero attached hydrogens (tertiary/aromatic N) is 2. The van der Waals surface area contributed by atoms with E-state index in [1.165, 1.54) is 16.9 Å². The maximum absolute atomic E-state index is 10.6. The van der Waals surface area contributed by atoms with Crippen LogP contribution in [0.5, 0.6) is 0 Å². The molecule has 0 amide bonds. The highest BCUT2D eigenvalue weighted by molar-refractivity contribution is 9.10. The van der Waals surface area contributed by atoms with E-state index in [0.29, 0.717) is 23.0 Å². The summed E-state index contributed by atoms with van der Waals surface area (Å²) in [4.78, 5) is 6.63. The molecule has 2 N–H and O–H groups in total. The number of aliphatic hydroxyl groups is 1. The highest BCUT2D eigenvalue weighted by Gasteiger charge is 2.33. The van der Waals surface area contributed by atoms with Crippen molar-refractivity contribution in [1.29, 1.82) is 5.41 Å². The van der Waals surface area contributed by atoms with Crippen molar-refractivity contribution in [1.82, 2.24) is 9.88 Å². The summed E-state index contributed by atoms with van der Waals surface area (Å²) in [6.07, 6.45) is 0.825. The molecule has 0 radical (unpaired) electrons. The van der Waals surface area contributed by atoms with Crippen LogP contribution in [0, 0.1) is 5.41 Å². The number of halogens is 1. The number of hydrogen-bond donors (Lipinski definition) is 2. The molecule has 28 heavy (non-hydrogen) atoms. The summed E-state index contributed by atoms with van der Waals surface area (Å²) in [5, 5.41) is 21.9. The van der Waals surface area contributed by atoms with E-state index in [9.17, 15) is 5.11 Å². The molecule has 0 fully saturated rings. The second-order valence-corrected chi connectivity index (χ2v) is 8.66. The normalized spacial score (nSPS) is 15.4. The second kappa shape index (κ2) is 7.89. The van der Waals surface area contributed by atoms with Crippen molar-refractivity contribution < 1.29 is 5.11 Å². The van der Waals surface area contributed by atoms with Crippen LogP contribution in [-0.2, 0) is 6.42 Å². The van der Waals surface area contributed by atoms with Gasteiger partial charge in [-0.25, -0.2) is 4.98 Å². The Hall–Kier alpha value is -2.44. The summed E-state index contributed by atoms with van der Waals surface area (Å²) in [5.41, 5.74) is 3.65. The molecule has 0 saturated carbocycles. The molecule has 0 unspecified atom stereocenters. The van der Waals surface area contributed by atoms with Gasteiger partial charge in [0.15, 0.2) is 0 Å². The number of rotatable bonds is 5. The molecule has 6 heteroatoms. The second-order valence-electron chi connectivity index (χ2n) is 6.88. The van der Waals surface area contributed by atoms with Gasteiger partial charge in [-0.1, -0.05) is 58.4 Å². The fraction of sp³-hybridized carbons (Fsp3) is 0.182. The monoisotopic (exact) mass is 453 g/mol. The maximum Gasteiger partial charge on any atom is 0.135 e. The molecule has 3 aromatic rings. The number of aliphatic hydroxyl groups excluding tert-OH is 1. The van der Waals surface area contributed by atoms with Crippen LogP contribution in [-0.4, -0.2) is 33.4 Å². The number of nitrogens with one attached hydrogen (secondary N) is 1. The van der Waals surface area contributed by atoms with E-state index in [4.69, 9.17) is 5.41 Å². The van der Waals surface area contributed by atoms with Crippen molar-refractivity contribution in [3.63, 3.8) is 0 Å². The van der Waals surface area contributed by atoms with Crippen molar-refractivity contribution in [3.8, 4) is 11.3 Å². The summed E-state index contributed by atoms with van der Waals surface area (Å²) in [5.74, 6) is 0.569. The first-order valence-corrected chi connectivity index (χ1v) is 10.7. The van der Waals surface area contributed by atoms with Crippen LogP contribution >= 0.6 is 27.3 Å². The lowest BCUT2D eigenvalue weighted by Gasteiger charge is -2.26. The Bertz CT molecular complexity index is 1030. The molecule has 2 heterocycles. The van der Waals surface area contributed by atoms with E-state index in [2.05, 4.69) is 40.0 Å². The number of benzene rings is 2. The molecule has 142 valence electrons. The lowest BCUT2D eigenvalue weighted by atomic mass is 10.1. The predicted octanol–water partition coefficient (Wildman–Crippen LogP) is 5.77. The molecule has 0 spiro atoms. The standard InChI is InChI=1S/C22H20BrN3OS/c1-14(11-15-5-3-2-4-6-15)26-12-19(27)20(21(26)24)22-25-18(13-28-22)16-7-9-17(23)10-8-16/h2-10,13-14,24,27H,11-12H2,1H3/t14-/m0/s1. The Morgan fingerprint density at radius 1 is 1.18 bits per heavy atom. The zero-order chi connectivity index (χ0) is 19.7. The molecule has 0 bridgehead atoms. The minimum absolute atomic E-state index is 0.112. The van der Waals surface area contributed by atoms with Crippen LogP contribution in [0.25, 0.3) is 16.8 Å². The average Bonchev–Trinajstić information content (AvgIpc) is 3.27. The Balaban J connectivity index is 1.53. The van der Waals surface area contributed by atoms with E-state index in [0.717, 1.165) is 22.2 Å². The third-order valence-electron chi connectivity index (χ3n) is 4.90. The smallest absolute Gasteiger partial charge is 0.135 e. The van der Waals surface area contributed by atoms with Gasteiger partial charge in [0.2, 0.25) is 0 Å². The topological polar surface area (TPSA) is 60.2 Å². The quantitative estimate of drug-likeness (QED) is 0.515. The number of aromatic nitrogens is 1. The maximum atomic E-state index is 10.6. The SMILES string of the molecule is C[C@@H](Cc1ccccc1)N1CC(O)=C(c2nc(-c3ccc(Br)cc3)cs2)C1=N. The van der Waals surface area contributed by atoms with Gasteiger partial charge in [0.25, 0.3) is 0 Å². The third-order valence-corrected chi connectivity index (χ3v) is 6.29. The highest BCUT2D eigenvalue weighted by Crippen LogP contribution is 2.33. The van der Waals surface area contributed by atoms with Gasteiger partial charge >= 0.3 is 0 Å². The van der Waals surface area contributed by atoms with E-state index in [-0.39, 0.29) is 11.8 Å². The summed E-state index contributed by atoms with van der Waals surface area (Å²) in [6, 6.07) is 18.3. The Labute approximate surface area is 176 Å². The van der Waals surface area contributed by atoms with Crippen molar-refractivity contribution in [2.75, 3.05) is 6.54 Å². The summed E-state index contributed by atoms with van der Waals surface area (Å²) in [6.45, 7) is 2.45. The minimum atomic E-state index is 0.112. The van der Waals surface area contributed by atoms with Gasteiger partial charge < -0.3 is 10.0 Å². The Morgan fingerprint density at radius 2 is 1.89 bits per heavy atom. The first kappa shape index (κ1) is 18.9. The highest BCUT2D eigenvalue weighted by atomic mass is 79.9. The van der Waals surface area contributed by atoms with Gasteiger partial charge in [-0.05, 0) is 31.0 Å². The van der Waals surface area contributed by atoms with Crippen molar-refractivity contribution in [2.45, 2.75) is 19.4 Å². The lowest BCUT2D eigenvalue weighted by Crippen LogP contribution is -2.36. The van der Waals surface area contributed by atoms with E-state index in [1.807, 2.05) is 52.7 Å². The first-order chi connectivity index (χ1) is 13.5. The summed E-state index contributed by atoms with van der Waals surface area (Å²) < 4.78 is 1.02. The Kier molecular flexibility index (Phi) is 5.33. The first-order valence-electron chi connectivity index (χ1n) is 9.06. The summed E-state index contributed by atoms with van der Waals surface area (Å²) >= 11 is 4.91. The molecular weight excluding hydrogens is 434 g/mol. The van der Waals surface area contributed by atoms with Crippen LogP contribution in [0.1, 0.15) is 17.5 Å². The molecule has 1 aliphatic rings. The average molecular weight is 454 g/mol. The van der Waals surface area contributed by atoms with Gasteiger partial charge in [-0.15, -0.1) is 11.3 Å². The summed E-state index contributed by atoms with van der Waals surface area (Å²) in [7, 11) is 0. The van der Waals surface area contributed by atoms with E-state index in [1.54, 1.807) is 0 Å². The largest absolute Gasteiger partial charge is 0.510 e. The van der Waals surface area contributed by atoms with Gasteiger partial charge in [-0.3, -0.25) is 5.41 Å². The van der Waals surface area contributed by atoms with Crippen molar-refractivity contribution >= 4 is 38.7 Å². The van der Waals surface area contributed by atoms with Crippen LogP contribution in [0.15, 0.2) is 70.2 Å². The molecular formula is C22H20BrN3OS. The Morgan fingerprint density at radius 3 is 2.61 bits per heavy atom. The van der Waals surface area contributed by atoms with Crippen molar-refractivity contribution in [2.24, 2.45) is 0 Å². The van der Waals surface area contributed by atoms with Crippen LogP contribution < -0.4 is 0 Å². The third kappa shape index (κ3) is 3.75. The van der Waals surface area contributed by atoms with Gasteiger partial charge in [-0.2, -0.15) is 0 Å². The van der Waals surface area contributed by atoms with Gasteiger partial charge in [0, 0.05) is 21.5 Å². The molecule has 1 atom stereocenters. The zero-order valence-corrected chi connectivity index (χ0v) is 17.8. The van der Waals surface area contributed by atoms with Crippen LogP contribution in [0.2, 0.25) is 0 Å². The molecule has 2 aromatic carbocycles.